The van der Waals surface area contributed by atoms with Crippen molar-refractivity contribution in [2.45, 2.75) is 12.6 Å². The summed E-state index contributed by atoms with van der Waals surface area (Å²) in [5.74, 6) is 0.355. The van der Waals surface area contributed by atoms with Gasteiger partial charge in [-0.3, -0.25) is 4.57 Å². The van der Waals surface area contributed by atoms with Crippen molar-refractivity contribution in [2.24, 2.45) is 0 Å². The van der Waals surface area contributed by atoms with Crippen LogP contribution in [0.3, 0.4) is 0 Å². The molecular formula is C7H14N4O2S. The summed E-state index contributed by atoms with van der Waals surface area (Å²) in [6, 6.07) is 0. The van der Waals surface area contributed by atoms with Gasteiger partial charge < -0.3 is 15.2 Å². The number of rotatable bonds is 5. The highest BCUT2D eigenvalue weighted by Gasteiger charge is 2.10. The van der Waals surface area contributed by atoms with Crippen LogP contribution >= 0.6 is 12.2 Å². The second-order valence-electron chi connectivity index (χ2n) is 2.81. The van der Waals surface area contributed by atoms with Gasteiger partial charge >= 0.3 is 0 Å². The number of ether oxygens (including phenoxy) is 2. The average molecular weight is 218 g/mol. The predicted octanol–water partition coefficient (Wildman–Crippen LogP) is 0.184. The normalized spacial score (nSPS) is 13.0. The SMILES string of the molecule is COCC(Cn1c(N)n[nH]c1=S)OC. The number of nitrogens with one attached hydrogen (secondary N) is 1. The van der Waals surface area contributed by atoms with Crippen LogP contribution in [-0.2, 0) is 16.0 Å². The summed E-state index contributed by atoms with van der Waals surface area (Å²) in [7, 11) is 3.23. The van der Waals surface area contributed by atoms with Crippen molar-refractivity contribution in [3.63, 3.8) is 0 Å². The second kappa shape index (κ2) is 5.08. The lowest BCUT2D eigenvalue weighted by atomic mass is 10.4. The third-order valence-electron chi connectivity index (χ3n) is 1.86. The fourth-order valence-corrected chi connectivity index (χ4v) is 1.30. The minimum Gasteiger partial charge on any atom is -0.382 e. The maximum atomic E-state index is 5.60. The fourth-order valence-electron chi connectivity index (χ4n) is 1.09. The van der Waals surface area contributed by atoms with Gasteiger partial charge in [0.15, 0.2) is 4.77 Å². The number of hydrogen-bond acceptors (Lipinski definition) is 5. The molecule has 6 nitrogen and oxygen atoms in total. The Labute approximate surface area is 87.0 Å². The van der Waals surface area contributed by atoms with Crippen LogP contribution in [0.1, 0.15) is 0 Å². The third-order valence-corrected chi connectivity index (χ3v) is 2.17. The topological polar surface area (TPSA) is 78.1 Å². The van der Waals surface area contributed by atoms with Crippen LogP contribution in [-0.4, -0.2) is 41.7 Å². The summed E-state index contributed by atoms with van der Waals surface area (Å²) in [5, 5.41) is 6.39. The second-order valence-corrected chi connectivity index (χ2v) is 3.20. The van der Waals surface area contributed by atoms with E-state index in [1.54, 1.807) is 18.8 Å². The first-order valence-corrected chi connectivity index (χ1v) is 4.52. The Hall–Kier alpha value is -0.920. The molecule has 3 N–H and O–H groups in total. The summed E-state index contributed by atoms with van der Waals surface area (Å²) in [5.41, 5.74) is 5.60. The van der Waals surface area contributed by atoms with Gasteiger partial charge in [0.05, 0.1) is 19.3 Å². The molecule has 0 aliphatic rings. The molecule has 1 aromatic heterocycles. The van der Waals surface area contributed by atoms with Gasteiger partial charge in [-0.05, 0) is 12.2 Å². The lowest BCUT2D eigenvalue weighted by Gasteiger charge is -2.14. The van der Waals surface area contributed by atoms with E-state index in [-0.39, 0.29) is 6.10 Å². The van der Waals surface area contributed by atoms with Crippen LogP contribution in [0.2, 0.25) is 0 Å². The van der Waals surface area contributed by atoms with Crippen molar-refractivity contribution in [1.29, 1.82) is 0 Å². The summed E-state index contributed by atoms with van der Waals surface area (Å²) in [6.07, 6.45) is -0.0772. The number of nitrogens with zero attached hydrogens (tertiary/aromatic N) is 2. The molecule has 1 heterocycles. The Morgan fingerprint density at radius 3 is 2.79 bits per heavy atom. The van der Waals surface area contributed by atoms with Gasteiger partial charge in [0.25, 0.3) is 0 Å². The van der Waals surface area contributed by atoms with E-state index in [4.69, 9.17) is 27.4 Å². The number of methoxy groups -OCH3 is 2. The highest BCUT2D eigenvalue weighted by Crippen LogP contribution is 2.03. The van der Waals surface area contributed by atoms with Gasteiger partial charge in [0, 0.05) is 14.2 Å². The monoisotopic (exact) mass is 218 g/mol. The zero-order chi connectivity index (χ0) is 10.6. The third kappa shape index (κ3) is 2.53. The zero-order valence-corrected chi connectivity index (χ0v) is 9.00. The first-order valence-electron chi connectivity index (χ1n) is 4.11. The van der Waals surface area contributed by atoms with Gasteiger partial charge in [-0.25, -0.2) is 5.10 Å². The van der Waals surface area contributed by atoms with Crippen molar-refractivity contribution in [2.75, 3.05) is 26.6 Å². The summed E-state index contributed by atoms with van der Waals surface area (Å²) >= 11 is 4.99. The van der Waals surface area contributed by atoms with Crippen LogP contribution < -0.4 is 5.73 Å². The highest BCUT2D eigenvalue weighted by molar-refractivity contribution is 7.71. The number of anilines is 1. The van der Waals surface area contributed by atoms with E-state index in [0.29, 0.717) is 23.9 Å². The molecule has 0 radical (unpaired) electrons. The number of H-pyrrole nitrogens is 1. The molecule has 1 aromatic rings. The maximum Gasteiger partial charge on any atom is 0.220 e. The molecular weight excluding hydrogens is 204 g/mol. The zero-order valence-electron chi connectivity index (χ0n) is 8.19. The summed E-state index contributed by atoms with van der Waals surface area (Å²) in [4.78, 5) is 0. The Morgan fingerprint density at radius 2 is 2.36 bits per heavy atom. The number of nitrogen functional groups attached to an aromatic ring is 1. The van der Waals surface area contributed by atoms with Gasteiger partial charge in [0.1, 0.15) is 0 Å². The van der Waals surface area contributed by atoms with Gasteiger partial charge in [0.2, 0.25) is 5.95 Å². The van der Waals surface area contributed by atoms with E-state index >= 15 is 0 Å². The maximum absolute atomic E-state index is 5.60. The molecule has 80 valence electrons. The first-order chi connectivity index (χ1) is 6.69. The molecule has 0 aromatic carbocycles. The number of aromatic nitrogens is 3. The predicted molar refractivity (Wildman–Crippen MR) is 54.5 cm³/mol. The number of aromatic amines is 1. The number of nitrogens with two attached hydrogens (primary N) is 1. The van der Waals surface area contributed by atoms with Crippen molar-refractivity contribution in [3.8, 4) is 0 Å². The van der Waals surface area contributed by atoms with Crippen molar-refractivity contribution in [1.82, 2.24) is 14.8 Å². The van der Waals surface area contributed by atoms with Crippen molar-refractivity contribution in [3.05, 3.63) is 4.77 Å². The molecule has 1 rings (SSSR count). The Kier molecular flexibility index (Phi) is 4.05. The minimum absolute atomic E-state index is 0.0772. The molecule has 0 saturated carbocycles. The molecule has 0 fully saturated rings. The lowest BCUT2D eigenvalue weighted by molar-refractivity contribution is 0.0184. The van der Waals surface area contributed by atoms with Crippen LogP contribution in [0.4, 0.5) is 5.95 Å². The Balaban J connectivity index is 2.71. The Morgan fingerprint density at radius 1 is 1.64 bits per heavy atom. The standard InChI is InChI=1S/C7H14N4O2S/c1-12-4-5(13-2)3-11-6(8)9-10-7(11)14/h5H,3-4H2,1-2H3,(H2,8,9)(H,10,14). The average Bonchev–Trinajstić information content (AvgIpc) is 2.48. The summed E-state index contributed by atoms with van der Waals surface area (Å²) in [6.45, 7) is 1.02. The Bertz CT molecular complexity index is 335. The lowest BCUT2D eigenvalue weighted by Crippen LogP contribution is -2.24. The van der Waals surface area contributed by atoms with Crippen LogP contribution in [0.5, 0.6) is 0 Å². The quantitative estimate of drug-likeness (QED) is 0.689. The van der Waals surface area contributed by atoms with E-state index in [9.17, 15) is 0 Å². The summed E-state index contributed by atoms with van der Waals surface area (Å²) < 4.78 is 12.3. The fraction of sp³-hybridized carbons (Fsp3) is 0.714. The molecule has 0 aliphatic carbocycles. The number of hydrogen-bond donors (Lipinski definition) is 2. The molecule has 1 atom stereocenters. The minimum atomic E-state index is -0.0772. The molecule has 1 unspecified atom stereocenters. The van der Waals surface area contributed by atoms with Crippen LogP contribution in [0.25, 0.3) is 0 Å². The highest BCUT2D eigenvalue weighted by atomic mass is 32.1. The van der Waals surface area contributed by atoms with E-state index in [1.807, 2.05) is 0 Å². The molecule has 0 bridgehead atoms. The largest absolute Gasteiger partial charge is 0.382 e. The molecule has 0 amide bonds. The first kappa shape index (κ1) is 11.2. The molecule has 14 heavy (non-hydrogen) atoms. The smallest absolute Gasteiger partial charge is 0.220 e. The van der Waals surface area contributed by atoms with Crippen LogP contribution in [0.15, 0.2) is 0 Å². The molecule has 0 saturated heterocycles. The van der Waals surface area contributed by atoms with E-state index in [1.165, 1.54) is 0 Å². The van der Waals surface area contributed by atoms with Crippen LogP contribution in [0, 0.1) is 4.77 Å². The van der Waals surface area contributed by atoms with E-state index in [0.717, 1.165) is 0 Å². The molecule has 7 heteroatoms. The van der Waals surface area contributed by atoms with Crippen molar-refractivity contribution < 1.29 is 9.47 Å². The van der Waals surface area contributed by atoms with Gasteiger partial charge in [-0.15, -0.1) is 5.10 Å². The molecule has 0 spiro atoms. The van der Waals surface area contributed by atoms with Crippen molar-refractivity contribution >= 4 is 18.2 Å². The van der Waals surface area contributed by atoms with E-state index < -0.39 is 0 Å². The molecule has 0 aliphatic heterocycles. The van der Waals surface area contributed by atoms with E-state index in [2.05, 4.69) is 10.2 Å². The van der Waals surface area contributed by atoms with Gasteiger partial charge in [-0.1, -0.05) is 0 Å². The van der Waals surface area contributed by atoms with Gasteiger partial charge in [-0.2, -0.15) is 0 Å².